The van der Waals surface area contributed by atoms with E-state index in [1.54, 1.807) is 59.5 Å². The van der Waals surface area contributed by atoms with E-state index in [1.165, 1.54) is 42.7 Å². The quantitative estimate of drug-likeness (QED) is 0.331. The number of hydrogen-bond donors (Lipinski definition) is 1. The molecule has 1 unspecified atom stereocenters. The zero-order valence-corrected chi connectivity index (χ0v) is 22.3. The van der Waals surface area contributed by atoms with Crippen LogP contribution in [0.5, 0.6) is 5.75 Å². The van der Waals surface area contributed by atoms with E-state index < -0.39 is 15.9 Å². The Kier molecular flexibility index (Phi) is 7.97. The number of benzene rings is 3. The number of carbonyl (C=O) groups is 2. The first-order valence-electron chi connectivity index (χ1n) is 13.1. The van der Waals surface area contributed by atoms with Gasteiger partial charge in [-0.1, -0.05) is 52.5 Å². The van der Waals surface area contributed by atoms with Crippen LogP contribution in [0.25, 0.3) is 0 Å². The Balaban J connectivity index is 1.25. The van der Waals surface area contributed by atoms with Gasteiger partial charge in [0, 0.05) is 18.7 Å². The number of nitrogens with zero attached hydrogens (tertiary/aromatic N) is 2. The second-order valence-electron chi connectivity index (χ2n) is 9.69. The third-order valence-corrected chi connectivity index (χ3v) is 8.68. The van der Waals surface area contributed by atoms with E-state index in [0.717, 1.165) is 17.3 Å². The van der Waals surface area contributed by atoms with E-state index in [9.17, 15) is 18.0 Å². The third-order valence-electron chi connectivity index (χ3n) is 7.09. The summed E-state index contributed by atoms with van der Waals surface area (Å²) in [5.74, 6) is 0.376. The largest absolute Gasteiger partial charge is 0.364 e. The Morgan fingerprint density at radius 2 is 1.62 bits per heavy atom. The highest BCUT2D eigenvalue weighted by atomic mass is 32.2. The molecule has 39 heavy (non-hydrogen) atoms. The summed E-state index contributed by atoms with van der Waals surface area (Å²) in [7, 11) is -4.13. The molecule has 1 aliphatic carbocycles. The normalized spacial score (nSPS) is 17.0. The average Bonchev–Trinajstić information content (AvgIpc) is 2.99. The van der Waals surface area contributed by atoms with Crippen molar-refractivity contribution in [1.29, 1.82) is 0 Å². The fourth-order valence-electron chi connectivity index (χ4n) is 4.96. The molecule has 0 radical (unpaired) electrons. The van der Waals surface area contributed by atoms with Gasteiger partial charge in [-0.3, -0.25) is 9.59 Å². The van der Waals surface area contributed by atoms with Crippen LogP contribution in [-0.2, 0) is 14.8 Å². The number of piperidine rings is 1. The molecule has 1 N–H and O–H groups in total. The molecular formula is C30H31N3O5S. The highest BCUT2D eigenvalue weighted by molar-refractivity contribution is 7.92. The van der Waals surface area contributed by atoms with Crippen LogP contribution in [0, 0.1) is 5.92 Å². The fourth-order valence-corrected chi connectivity index (χ4v) is 6.22. The second-order valence-corrected chi connectivity index (χ2v) is 11.4. The van der Waals surface area contributed by atoms with Crippen LogP contribution in [0.1, 0.15) is 36.0 Å². The summed E-state index contributed by atoms with van der Waals surface area (Å²) < 4.78 is 28.0. The number of para-hydroxylation sites is 2. The molecular weight excluding hydrogens is 514 g/mol. The van der Waals surface area contributed by atoms with Crippen molar-refractivity contribution in [2.24, 2.45) is 5.92 Å². The van der Waals surface area contributed by atoms with E-state index in [4.69, 9.17) is 4.84 Å². The first-order valence-corrected chi connectivity index (χ1v) is 14.5. The minimum Gasteiger partial charge on any atom is -0.364 e. The maximum atomic E-state index is 13.6. The van der Waals surface area contributed by atoms with E-state index in [1.807, 2.05) is 6.07 Å². The lowest BCUT2D eigenvalue weighted by atomic mass is 9.82. The summed E-state index contributed by atoms with van der Waals surface area (Å²) in [4.78, 5) is 33.0. The molecule has 0 aromatic heterocycles. The van der Waals surface area contributed by atoms with Crippen molar-refractivity contribution < 1.29 is 22.8 Å². The second kappa shape index (κ2) is 11.7. The van der Waals surface area contributed by atoms with Gasteiger partial charge in [0.15, 0.2) is 5.75 Å². The summed E-state index contributed by atoms with van der Waals surface area (Å²) in [5, 5.41) is 2.67. The lowest BCUT2D eigenvalue weighted by Crippen LogP contribution is -2.45. The Hall–Kier alpha value is -4.11. The molecule has 0 spiro atoms. The Morgan fingerprint density at radius 1 is 0.923 bits per heavy atom. The predicted octanol–water partition coefficient (Wildman–Crippen LogP) is 4.56. The molecule has 1 saturated heterocycles. The number of carbonyl (C=O) groups excluding carboxylic acids is 2. The van der Waals surface area contributed by atoms with Gasteiger partial charge in [0.05, 0.1) is 17.1 Å². The molecule has 8 nitrogen and oxygen atoms in total. The standard InChI is InChI=1S/C30H31N3O5S/c34-29(32-20-19-23-9-7-8-10-25(23)22-32)21-31-30(35)24-15-17-28(18-16-24)39(36,37)33(26-11-3-1-4-12-26)38-27-13-5-2-6-14-27/h1-6,10-18,23H,7-9,19-22H2,(H,31,35). The smallest absolute Gasteiger partial charge is 0.295 e. The molecule has 9 heteroatoms. The van der Waals surface area contributed by atoms with Crippen molar-refractivity contribution in [2.45, 2.75) is 30.6 Å². The molecule has 1 heterocycles. The van der Waals surface area contributed by atoms with Crippen molar-refractivity contribution >= 4 is 27.5 Å². The fraction of sp³-hybridized carbons (Fsp3) is 0.267. The number of rotatable bonds is 8. The summed E-state index contributed by atoms with van der Waals surface area (Å²) in [6, 6.07) is 22.7. The van der Waals surface area contributed by atoms with Gasteiger partial charge in [0.2, 0.25) is 5.91 Å². The molecule has 3 aromatic carbocycles. The Morgan fingerprint density at radius 3 is 2.33 bits per heavy atom. The van der Waals surface area contributed by atoms with Crippen LogP contribution < -0.4 is 14.6 Å². The monoisotopic (exact) mass is 545 g/mol. The molecule has 1 atom stereocenters. The summed E-state index contributed by atoms with van der Waals surface area (Å²) in [6.45, 7) is 1.23. The van der Waals surface area contributed by atoms with E-state index in [-0.39, 0.29) is 22.9 Å². The van der Waals surface area contributed by atoms with Gasteiger partial charge >= 0.3 is 0 Å². The molecule has 1 aliphatic heterocycles. The lowest BCUT2D eigenvalue weighted by molar-refractivity contribution is -0.130. The van der Waals surface area contributed by atoms with Crippen molar-refractivity contribution in [2.75, 3.05) is 24.1 Å². The van der Waals surface area contributed by atoms with E-state index in [2.05, 4.69) is 11.4 Å². The predicted molar refractivity (Wildman–Crippen MR) is 149 cm³/mol. The maximum Gasteiger partial charge on any atom is 0.295 e. The first kappa shape index (κ1) is 26.5. The molecule has 5 rings (SSSR count). The number of fused-ring (bicyclic) bond motifs is 1. The molecule has 2 amide bonds. The summed E-state index contributed by atoms with van der Waals surface area (Å²) in [5.41, 5.74) is 1.92. The molecule has 0 bridgehead atoms. The zero-order valence-electron chi connectivity index (χ0n) is 21.5. The number of allylic oxidation sites excluding steroid dienone is 1. The van der Waals surface area contributed by atoms with Gasteiger partial charge in [0.1, 0.15) is 0 Å². The van der Waals surface area contributed by atoms with Gasteiger partial charge in [0.25, 0.3) is 15.9 Å². The van der Waals surface area contributed by atoms with Crippen molar-refractivity contribution in [3.05, 3.63) is 102 Å². The van der Waals surface area contributed by atoms with Crippen LogP contribution in [0.2, 0.25) is 0 Å². The third kappa shape index (κ3) is 6.15. The van der Waals surface area contributed by atoms with Gasteiger partial charge in [-0.2, -0.15) is 8.42 Å². The zero-order chi connectivity index (χ0) is 27.2. The number of amides is 2. The molecule has 0 saturated carbocycles. The molecule has 1 fully saturated rings. The highest BCUT2D eigenvalue weighted by Gasteiger charge is 2.29. The number of sulfonamides is 1. The van der Waals surface area contributed by atoms with Crippen LogP contribution in [0.15, 0.2) is 101 Å². The number of likely N-dealkylation sites (tertiary alicyclic amines) is 1. The SMILES string of the molecule is O=C(NCC(=O)N1CCC2CCCC=C2C1)c1ccc(S(=O)(=O)N(Oc2ccccc2)c2ccccc2)cc1. The number of hydrogen-bond acceptors (Lipinski definition) is 5. The van der Waals surface area contributed by atoms with E-state index >= 15 is 0 Å². The van der Waals surface area contributed by atoms with Crippen LogP contribution in [0.4, 0.5) is 5.69 Å². The lowest BCUT2D eigenvalue weighted by Gasteiger charge is -2.36. The number of anilines is 1. The topological polar surface area (TPSA) is 96.0 Å². The van der Waals surface area contributed by atoms with Crippen molar-refractivity contribution in [3.63, 3.8) is 0 Å². The molecule has 2 aliphatic rings. The van der Waals surface area contributed by atoms with Gasteiger partial charge in [-0.25, -0.2) is 0 Å². The van der Waals surface area contributed by atoms with Crippen molar-refractivity contribution in [3.8, 4) is 5.75 Å². The van der Waals surface area contributed by atoms with Crippen LogP contribution in [0.3, 0.4) is 0 Å². The highest BCUT2D eigenvalue weighted by Crippen LogP contribution is 2.32. The maximum absolute atomic E-state index is 13.6. The minimum atomic E-state index is -4.13. The molecule has 202 valence electrons. The van der Waals surface area contributed by atoms with Gasteiger partial charge < -0.3 is 15.1 Å². The number of nitrogens with one attached hydrogen (secondary N) is 1. The first-order chi connectivity index (χ1) is 18.9. The van der Waals surface area contributed by atoms with Crippen molar-refractivity contribution in [1.82, 2.24) is 10.2 Å². The summed E-state index contributed by atoms with van der Waals surface area (Å²) in [6.07, 6.45) is 6.69. The summed E-state index contributed by atoms with van der Waals surface area (Å²) >= 11 is 0. The Bertz CT molecular complexity index is 1440. The Labute approximate surface area is 228 Å². The van der Waals surface area contributed by atoms with Crippen LogP contribution in [-0.4, -0.2) is 44.8 Å². The minimum absolute atomic E-state index is 0.0430. The van der Waals surface area contributed by atoms with Crippen LogP contribution >= 0.6 is 0 Å². The van der Waals surface area contributed by atoms with Gasteiger partial charge in [-0.15, -0.1) is 0 Å². The molecule has 3 aromatic rings. The van der Waals surface area contributed by atoms with E-state index in [0.29, 0.717) is 30.4 Å². The van der Waals surface area contributed by atoms with Gasteiger partial charge in [-0.05, 0) is 80.1 Å². The average molecular weight is 546 g/mol.